The standard InChI is InChI=1S/C27H27N5O3.C2H6/c1-2-13-33-19-23-16-21(4-5-25(23)34-15-12-32-11-10-28-20-32)17-26-29-9-7-24(31-26)22-6-8-30-27(18-22)35-14-3-1;1-2/h1-2,4-11,16,18,20H,3,12-15,17,19H2;1-2H3/b2-1+;. The first kappa shape index (κ1) is 26.0. The summed E-state index contributed by atoms with van der Waals surface area (Å²) in [5.74, 6) is 2.15. The maximum absolute atomic E-state index is 6.09. The molecule has 0 aliphatic carbocycles. The number of imidazole rings is 1. The highest BCUT2D eigenvalue weighted by molar-refractivity contribution is 5.59. The first-order chi connectivity index (χ1) is 18.3. The Bertz CT molecular complexity index is 1270. The molecule has 4 heterocycles. The molecule has 4 aromatic rings. The van der Waals surface area contributed by atoms with Gasteiger partial charge in [0.2, 0.25) is 5.88 Å². The average molecular weight is 500 g/mol. The molecule has 37 heavy (non-hydrogen) atoms. The molecule has 0 spiro atoms. The van der Waals surface area contributed by atoms with Gasteiger partial charge in [-0.05, 0) is 36.2 Å². The number of aromatic nitrogens is 5. The fourth-order valence-corrected chi connectivity index (χ4v) is 3.81. The molecule has 192 valence electrons. The zero-order valence-corrected chi connectivity index (χ0v) is 21.4. The summed E-state index contributed by atoms with van der Waals surface area (Å²) >= 11 is 0. The Kier molecular flexibility index (Phi) is 9.77. The molecule has 0 saturated heterocycles. The summed E-state index contributed by atoms with van der Waals surface area (Å²) in [4.78, 5) is 17.7. The molecular weight excluding hydrogens is 466 g/mol. The van der Waals surface area contributed by atoms with Gasteiger partial charge < -0.3 is 18.8 Å². The van der Waals surface area contributed by atoms with Crippen LogP contribution in [0.3, 0.4) is 0 Å². The highest BCUT2D eigenvalue weighted by Crippen LogP contribution is 2.24. The molecule has 0 atom stereocenters. The van der Waals surface area contributed by atoms with E-state index in [0.717, 1.165) is 46.9 Å². The van der Waals surface area contributed by atoms with Gasteiger partial charge in [-0.15, -0.1) is 0 Å². The van der Waals surface area contributed by atoms with Crippen LogP contribution in [0.1, 0.15) is 37.2 Å². The maximum Gasteiger partial charge on any atom is 0.213 e. The molecule has 5 rings (SSSR count). The van der Waals surface area contributed by atoms with E-state index >= 15 is 0 Å². The van der Waals surface area contributed by atoms with Crippen molar-refractivity contribution in [2.75, 3.05) is 19.8 Å². The molecule has 8 heteroatoms. The minimum absolute atomic E-state index is 0.449. The summed E-state index contributed by atoms with van der Waals surface area (Å²) in [6.07, 6.45) is 14.4. The SMILES string of the molecule is C1=C/COCc2cc(ccc2OCCn2ccnc2)Cc2nccc(n2)-c2ccnc(c2)OCC/1.CC. The Labute approximate surface area is 218 Å². The first-order valence-electron chi connectivity index (χ1n) is 12.7. The van der Waals surface area contributed by atoms with Gasteiger partial charge in [-0.1, -0.05) is 32.1 Å². The van der Waals surface area contributed by atoms with E-state index in [1.807, 2.05) is 55.0 Å². The highest BCUT2D eigenvalue weighted by Gasteiger charge is 2.10. The van der Waals surface area contributed by atoms with Crippen molar-refractivity contribution >= 4 is 0 Å². The summed E-state index contributed by atoms with van der Waals surface area (Å²) in [6.45, 7) is 6.77. The van der Waals surface area contributed by atoms with Gasteiger partial charge in [-0.25, -0.2) is 19.9 Å². The van der Waals surface area contributed by atoms with E-state index in [-0.39, 0.29) is 0 Å². The van der Waals surface area contributed by atoms with Crippen molar-refractivity contribution in [2.45, 2.75) is 39.8 Å². The molecule has 1 aliphatic heterocycles. The average Bonchev–Trinajstić information content (AvgIpc) is 3.46. The second kappa shape index (κ2) is 13.9. The monoisotopic (exact) mass is 499 g/mol. The molecule has 0 N–H and O–H groups in total. The van der Waals surface area contributed by atoms with Crippen molar-refractivity contribution in [3.63, 3.8) is 0 Å². The van der Waals surface area contributed by atoms with E-state index in [1.54, 1.807) is 24.9 Å². The highest BCUT2D eigenvalue weighted by atomic mass is 16.5. The van der Waals surface area contributed by atoms with E-state index < -0.39 is 0 Å². The molecule has 1 aliphatic rings. The Morgan fingerprint density at radius 1 is 1.00 bits per heavy atom. The number of nitrogens with zero attached hydrogens (tertiary/aromatic N) is 5. The third-order valence-corrected chi connectivity index (χ3v) is 5.56. The van der Waals surface area contributed by atoms with Crippen molar-refractivity contribution < 1.29 is 14.2 Å². The van der Waals surface area contributed by atoms with E-state index in [4.69, 9.17) is 19.2 Å². The van der Waals surface area contributed by atoms with Crippen molar-refractivity contribution in [3.05, 3.63) is 96.6 Å². The minimum atomic E-state index is 0.449. The van der Waals surface area contributed by atoms with Crippen LogP contribution in [0.4, 0.5) is 0 Å². The molecule has 0 unspecified atom stereocenters. The first-order valence-corrected chi connectivity index (χ1v) is 12.7. The largest absolute Gasteiger partial charge is 0.491 e. The van der Waals surface area contributed by atoms with Crippen LogP contribution in [0, 0.1) is 0 Å². The second-order valence-electron chi connectivity index (χ2n) is 8.13. The van der Waals surface area contributed by atoms with Crippen LogP contribution in [-0.2, 0) is 24.3 Å². The number of hydrogen-bond donors (Lipinski definition) is 0. The zero-order chi connectivity index (χ0) is 25.7. The third-order valence-electron chi connectivity index (χ3n) is 5.56. The number of fused-ring (bicyclic) bond motifs is 7. The number of rotatable bonds is 4. The van der Waals surface area contributed by atoms with Gasteiger partial charge in [0.25, 0.3) is 0 Å². The van der Waals surface area contributed by atoms with Gasteiger partial charge in [-0.2, -0.15) is 0 Å². The molecular formula is C29H33N5O3. The molecule has 0 amide bonds. The molecule has 6 bridgehead atoms. The number of ether oxygens (including phenoxy) is 3. The number of hydrogen-bond acceptors (Lipinski definition) is 7. The zero-order valence-electron chi connectivity index (χ0n) is 21.4. The van der Waals surface area contributed by atoms with E-state index in [0.29, 0.717) is 38.7 Å². The topological polar surface area (TPSA) is 84.2 Å². The minimum Gasteiger partial charge on any atom is -0.491 e. The predicted molar refractivity (Wildman–Crippen MR) is 142 cm³/mol. The smallest absolute Gasteiger partial charge is 0.213 e. The van der Waals surface area contributed by atoms with Crippen LogP contribution in [0.2, 0.25) is 0 Å². The normalized spacial score (nSPS) is 14.2. The van der Waals surface area contributed by atoms with E-state index in [9.17, 15) is 0 Å². The Morgan fingerprint density at radius 2 is 1.92 bits per heavy atom. The molecule has 0 fully saturated rings. The summed E-state index contributed by atoms with van der Waals surface area (Å²) < 4.78 is 19.8. The quantitative estimate of drug-likeness (QED) is 0.353. The summed E-state index contributed by atoms with van der Waals surface area (Å²) in [5, 5.41) is 0. The van der Waals surface area contributed by atoms with Crippen LogP contribution < -0.4 is 9.47 Å². The third kappa shape index (κ3) is 7.72. The second-order valence-corrected chi connectivity index (χ2v) is 8.13. The van der Waals surface area contributed by atoms with Gasteiger partial charge >= 0.3 is 0 Å². The maximum atomic E-state index is 6.09. The van der Waals surface area contributed by atoms with Crippen LogP contribution in [-0.4, -0.2) is 44.3 Å². The van der Waals surface area contributed by atoms with Crippen LogP contribution in [0.5, 0.6) is 11.6 Å². The fraction of sp³-hybridized carbons (Fsp3) is 0.310. The fourth-order valence-electron chi connectivity index (χ4n) is 3.81. The van der Waals surface area contributed by atoms with Crippen molar-refractivity contribution in [2.24, 2.45) is 0 Å². The Balaban J connectivity index is 0.00000156. The van der Waals surface area contributed by atoms with Gasteiger partial charge in [0.1, 0.15) is 18.2 Å². The lowest BCUT2D eigenvalue weighted by Crippen LogP contribution is -2.09. The van der Waals surface area contributed by atoms with Crippen molar-refractivity contribution in [1.82, 2.24) is 24.5 Å². The van der Waals surface area contributed by atoms with Gasteiger partial charge in [-0.3, -0.25) is 0 Å². The van der Waals surface area contributed by atoms with Crippen LogP contribution in [0.25, 0.3) is 11.3 Å². The lowest BCUT2D eigenvalue weighted by molar-refractivity contribution is 0.144. The van der Waals surface area contributed by atoms with Crippen molar-refractivity contribution in [1.29, 1.82) is 0 Å². The summed E-state index contributed by atoms with van der Waals surface area (Å²) in [5.41, 5.74) is 3.89. The predicted octanol–water partition coefficient (Wildman–Crippen LogP) is 5.29. The van der Waals surface area contributed by atoms with Crippen LogP contribution >= 0.6 is 0 Å². The lowest BCUT2D eigenvalue weighted by Gasteiger charge is -2.14. The van der Waals surface area contributed by atoms with E-state index in [2.05, 4.69) is 33.2 Å². The molecule has 1 aromatic carbocycles. The summed E-state index contributed by atoms with van der Waals surface area (Å²) in [6, 6.07) is 11.9. The summed E-state index contributed by atoms with van der Waals surface area (Å²) in [7, 11) is 0. The van der Waals surface area contributed by atoms with Gasteiger partial charge in [0.05, 0.1) is 38.4 Å². The van der Waals surface area contributed by atoms with Gasteiger partial charge in [0.15, 0.2) is 0 Å². The Morgan fingerprint density at radius 3 is 2.81 bits per heavy atom. The number of benzene rings is 1. The molecule has 0 radical (unpaired) electrons. The molecule has 0 saturated carbocycles. The number of pyridine rings is 1. The van der Waals surface area contributed by atoms with Gasteiger partial charge in [0, 0.05) is 48.4 Å². The van der Waals surface area contributed by atoms with E-state index in [1.165, 1.54) is 0 Å². The van der Waals surface area contributed by atoms with Crippen molar-refractivity contribution in [3.8, 4) is 22.9 Å². The van der Waals surface area contributed by atoms with Crippen LogP contribution in [0.15, 0.2) is 79.7 Å². The molecule has 8 nitrogen and oxygen atoms in total. The Hall–Kier alpha value is -4.04. The molecule has 3 aromatic heterocycles. The lowest BCUT2D eigenvalue weighted by atomic mass is 10.1.